The molecule has 66 heavy (non-hydrogen) atoms. The number of nitrogens with zero attached hydrogens (tertiary/aromatic N) is 8. The first-order chi connectivity index (χ1) is 30.8. The standard InChI is InChI=1S/C38H28N8O16S4/c47-33-13-9-27(63(51,52)53)19-31(33)45-43-29-11-7-23(15-35(29)49)39-41-25-5-3-21(37(17-25)65(57,58)59)1-2-22-4-6-26(18-38(22)66(60,61)62)42-40-24-8-12-30(36(50)16-24)44-46-32-20-28(64(54,55)56)10-14-34(32)48/h1-20,47-50H,(H,51,52,53)(H,54,55,56)(H,57,58,59)(H,60,61,62)/b2-1+,41-39?,42-40?,45-43?,46-44?. The fourth-order valence-electron chi connectivity index (χ4n) is 5.32. The fraction of sp³-hybridized carbons (Fsp3) is 0. The largest absolute Gasteiger partial charge is 0.506 e. The van der Waals surface area contributed by atoms with E-state index in [9.17, 15) is 72.3 Å². The predicted molar refractivity (Wildman–Crippen MR) is 230 cm³/mol. The highest BCUT2D eigenvalue weighted by Gasteiger charge is 2.19. The van der Waals surface area contributed by atoms with Crippen LogP contribution < -0.4 is 0 Å². The Balaban J connectivity index is 1.19. The summed E-state index contributed by atoms with van der Waals surface area (Å²) in [7, 11) is -19.1. The van der Waals surface area contributed by atoms with Gasteiger partial charge >= 0.3 is 0 Å². The molecule has 0 fully saturated rings. The van der Waals surface area contributed by atoms with Crippen LogP contribution in [0.15, 0.2) is 170 Å². The van der Waals surface area contributed by atoms with Crippen LogP contribution in [0.2, 0.25) is 0 Å². The van der Waals surface area contributed by atoms with E-state index in [-0.39, 0.29) is 56.6 Å². The number of rotatable bonds is 14. The number of azo groups is 4. The summed E-state index contributed by atoms with van der Waals surface area (Å²) in [6, 6.07) is 19.5. The highest BCUT2D eigenvalue weighted by molar-refractivity contribution is 7.86. The Bertz CT molecular complexity index is 3310. The first kappa shape index (κ1) is 47.8. The van der Waals surface area contributed by atoms with E-state index in [1.165, 1.54) is 48.5 Å². The average Bonchev–Trinajstić information content (AvgIpc) is 3.23. The summed E-state index contributed by atoms with van der Waals surface area (Å²) in [5, 5.41) is 71.3. The van der Waals surface area contributed by atoms with Gasteiger partial charge in [-0.15, -0.1) is 20.5 Å². The zero-order valence-corrected chi connectivity index (χ0v) is 35.9. The van der Waals surface area contributed by atoms with Crippen molar-refractivity contribution in [1.82, 2.24) is 0 Å². The van der Waals surface area contributed by atoms with Crippen LogP contribution in [0, 0.1) is 0 Å². The molecule has 6 rings (SSSR count). The van der Waals surface area contributed by atoms with Crippen LogP contribution in [0.25, 0.3) is 12.2 Å². The molecule has 340 valence electrons. The molecule has 28 heteroatoms. The molecule has 0 spiro atoms. The van der Waals surface area contributed by atoms with E-state index in [0.717, 1.165) is 72.8 Å². The van der Waals surface area contributed by atoms with Gasteiger partial charge in [-0.25, -0.2) is 0 Å². The molecule has 0 aliphatic carbocycles. The van der Waals surface area contributed by atoms with Gasteiger partial charge in [-0.2, -0.15) is 54.1 Å². The van der Waals surface area contributed by atoms with Crippen molar-refractivity contribution in [2.24, 2.45) is 40.9 Å². The molecule has 0 amide bonds. The fourth-order valence-corrected chi connectivity index (χ4v) is 7.73. The highest BCUT2D eigenvalue weighted by atomic mass is 32.2. The lowest BCUT2D eigenvalue weighted by molar-refractivity contribution is 0.471. The van der Waals surface area contributed by atoms with E-state index in [1.807, 2.05) is 0 Å². The Morgan fingerprint density at radius 2 is 0.636 bits per heavy atom. The van der Waals surface area contributed by atoms with E-state index in [1.54, 1.807) is 0 Å². The maximum Gasteiger partial charge on any atom is 0.295 e. The van der Waals surface area contributed by atoms with Crippen molar-refractivity contribution in [1.29, 1.82) is 0 Å². The molecule has 0 radical (unpaired) electrons. The number of hydrogen-bond acceptors (Lipinski definition) is 20. The summed E-state index contributed by atoms with van der Waals surface area (Å²) in [5.41, 5.74) is -1.51. The van der Waals surface area contributed by atoms with Gasteiger partial charge in [0, 0.05) is 12.1 Å². The van der Waals surface area contributed by atoms with E-state index in [2.05, 4.69) is 40.9 Å². The number of phenolic OH excluding ortho intramolecular Hbond substituents is 4. The van der Waals surface area contributed by atoms with Gasteiger partial charge in [0.25, 0.3) is 40.5 Å². The van der Waals surface area contributed by atoms with Crippen molar-refractivity contribution < 1.29 is 72.3 Å². The Hall–Kier alpha value is -7.70. The van der Waals surface area contributed by atoms with Crippen LogP contribution in [-0.2, 0) is 40.5 Å². The smallest absolute Gasteiger partial charge is 0.295 e. The Labute approximate surface area is 372 Å². The van der Waals surface area contributed by atoms with Gasteiger partial charge < -0.3 is 20.4 Å². The number of aromatic hydroxyl groups is 4. The van der Waals surface area contributed by atoms with Crippen molar-refractivity contribution in [3.8, 4) is 23.0 Å². The molecule has 0 unspecified atom stereocenters. The summed E-state index contributed by atoms with van der Waals surface area (Å²) in [6.07, 6.45) is 2.24. The molecule has 6 aromatic carbocycles. The second kappa shape index (κ2) is 18.8. The molecule has 0 aliphatic rings. The molecular weight excluding hydrogens is 953 g/mol. The van der Waals surface area contributed by atoms with Gasteiger partial charge in [-0.05, 0) is 96.1 Å². The van der Waals surface area contributed by atoms with Gasteiger partial charge in [0.15, 0.2) is 0 Å². The SMILES string of the molecule is O=S(=O)(O)c1ccc(O)c(N=Nc2ccc(N=Nc3ccc(/C=C/c4ccc(N=Nc5ccc(N=Nc6cc(S(=O)(=O)O)ccc6O)c(O)c5)cc4S(=O)(=O)O)c(S(=O)(=O)O)c3)cc2O)c1. The summed E-state index contributed by atoms with van der Waals surface area (Å²) in [4.78, 5) is -2.51. The minimum Gasteiger partial charge on any atom is -0.506 e. The van der Waals surface area contributed by atoms with Crippen molar-refractivity contribution >= 4 is 98.1 Å². The summed E-state index contributed by atoms with van der Waals surface area (Å²) < 4.78 is 134. The Kier molecular flexibility index (Phi) is 13.6. The van der Waals surface area contributed by atoms with E-state index < -0.39 is 83.1 Å². The number of phenols is 4. The van der Waals surface area contributed by atoms with Crippen molar-refractivity contribution in [2.45, 2.75) is 19.6 Å². The number of benzene rings is 6. The third-order valence-electron chi connectivity index (χ3n) is 8.49. The quantitative estimate of drug-likeness (QED) is 0.0286. The molecule has 0 saturated heterocycles. The Morgan fingerprint density at radius 1 is 0.318 bits per heavy atom. The summed E-state index contributed by atoms with van der Waals surface area (Å²) >= 11 is 0. The Morgan fingerprint density at radius 3 is 0.955 bits per heavy atom. The molecule has 0 saturated carbocycles. The molecule has 0 aliphatic heterocycles. The second-order valence-electron chi connectivity index (χ2n) is 13.1. The van der Waals surface area contributed by atoms with Gasteiger partial charge in [-0.3, -0.25) is 18.2 Å². The highest BCUT2D eigenvalue weighted by Crippen LogP contribution is 2.38. The van der Waals surface area contributed by atoms with Crippen LogP contribution in [0.3, 0.4) is 0 Å². The van der Waals surface area contributed by atoms with E-state index in [4.69, 9.17) is 0 Å². The van der Waals surface area contributed by atoms with Gasteiger partial charge in [0.2, 0.25) is 0 Å². The molecular formula is C38H28N8O16S4. The molecule has 0 aromatic heterocycles. The van der Waals surface area contributed by atoms with Crippen LogP contribution in [0.5, 0.6) is 23.0 Å². The maximum atomic E-state index is 12.4. The zero-order valence-electron chi connectivity index (χ0n) is 32.6. The van der Waals surface area contributed by atoms with E-state index >= 15 is 0 Å². The number of hydrogen-bond donors (Lipinski definition) is 8. The van der Waals surface area contributed by atoms with Crippen LogP contribution in [0.4, 0.5) is 45.5 Å². The summed E-state index contributed by atoms with van der Waals surface area (Å²) in [6.45, 7) is 0. The maximum absolute atomic E-state index is 12.4. The minimum absolute atomic E-state index is 0.0177. The topological polar surface area (TPSA) is 397 Å². The minimum atomic E-state index is -4.95. The van der Waals surface area contributed by atoms with Gasteiger partial charge in [0.1, 0.15) is 55.5 Å². The molecule has 0 atom stereocenters. The third kappa shape index (κ3) is 12.1. The van der Waals surface area contributed by atoms with E-state index in [0.29, 0.717) is 0 Å². The molecule has 0 bridgehead atoms. The van der Waals surface area contributed by atoms with Crippen molar-refractivity contribution in [3.05, 3.63) is 120 Å². The van der Waals surface area contributed by atoms with Gasteiger partial charge in [-0.1, -0.05) is 24.3 Å². The van der Waals surface area contributed by atoms with Crippen molar-refractivity contribution in [3.63, 3.8) is 0 Å². The molecule has 8 N–H and O–H groups in total. The second-order valence-corrected chi connectivity index (χ2v) is 18.7. The zero-order chi connectivity index (χ0) is 48.2. The van der Waals surface area contributed by atoms with Crippen LogP contribution in [0.1, 0.15) is 11.1 Å². The third-order valence-corrected chi connectivity index (χ3v) is 12.0. The molecule has 0 heterocycles. The molecule has 6 aromatic rings. The lowest BCUT2D eigenvalue weighted by atomic mass is 10.1. The normalized spacial score (nSPS) is 13.0. The monoisotopic (exact) mass is 980 g/mol. The lowest BCUT2D eigenvalue weighted by Crippen LogP contribution is -2.01. The van der Waals surface area contributed by atoms with Crippen molar-refractivity contribution in [2.75, 3.05) is 0 Å². The predicted octanol–water partition coefficient (Wildman–Crippen LogP) is 9.33. The first-order valence-electron chi connectivity index (χ1n) is 17.7. The summed E-state index contributed by atoms with van der Waals surface area (Å²) in [5.74, 6) is -1.95. The van der Waals surface area contributed by atoms with Crippen LogP contribution >= 0.6 is 0 Å². The van der Waals surface area contributed by atoms with Crippen LogP contribution in [-0.4, -0.2) is 72.3 Å². The lowest BCUT2D eigenvalue weighted by Gasteiger charge is -2.06. The molecule has 24 nitrogen and oxygen atoms in total. The van der Waals surface area contributed by atoms with Gasteiger partial charge in [0.05, 0.1) is 32.5 Å². The average molecular weight is 981 g/mol. The first-order valence-corrected chi connectivity index (χ1v) is 23.5.